The van der Waals surface area contributed by atoms with E-state index in [1.165, 1.54) is 0 Å². The van der Waals surface area contributed by atoms with Crippen LogP contribution in [-0.4, -0.2) is 27.9 Å². The Morgan fingerprint density at radius 3 is 1.83 bits per heavy atom. The zero-order valence-corrected chi connectivity index (χ0v) is 15.7. The van der Waals surface area contributed by atoms with Crippen LogP contribution in [0, 0.1) is 0 Å². The van der Waals surface area contributed by atoms with Crippen LogP contribution >= 0.6 is 0 Å². The molecule has 114 valence electrons. The quantitative estimate of drug-likeness (QED) is 0.666. The van der Waals surface area contributed by atoms with Crippen molar-refractivity contribution in [2.75, 3.05) is 17.3 Å². The van der Waals surface area contributed by atoms with Crippen molar-refractivity contribution in [2.24, 2.45) is 0 Å². The lowest BCUT2D eigenvalue weighted by molar-refractivity contribution is 0.285. The Labute approximate surface area is 126 Å². The zero-order valence-electron chi connectivity index (χ0n) is 12.3. The van der Waals surface area contributed by atoms with Crippen molar-refractivity contribution < 1.29 is 8.74 Å². The Balaban J connectivity index is 0. The molecule has 18 heavy (non-hydrogen) atoms. The minimum absolute atomic E-state index is 0.217. The summed E-state index contributed by atoms with van der Waals surface area (Å²) in [6.07, 6.45) is 3.46. The Morgan fingerprint density at radius 2 is 1.56 bits per heavy atom. The highest BCUT2D eigenvalue weighted by molar-refractivity contribution is 8.37. The standard InChI is InChI=1S/C6H14OS2.C6H16OS2/c1-4-5-9(8)7-6(2)3;1-3-5-9(7,8)6-4-2/h6H,4-5H2,1-3H3;9H,3-6H2,1-2H3,(H,7,8). The maximum Gasteiger partial charge on any atom is 0.0669 e. The zero-order chi connectivity index (χ0) is 14.6. The molecule has 0 aliphatic carbocycles. The molecular weight excluding hydrogens is 304 g/mol. The van der Waals surface area contributed by atoms with Gasteiger partial charge >= 0.3 is 0 Å². The van der Waals surface area contributed by atoms with Crippen LogP contribution in [0.15, 0.2) is 0 Å². The average Bonchev–Trinajstić information content (AvgIpc) is 2.16. The van der Waals surface area contributed by atoms with E-state index in [4.69, 9.17) is 26.6 Å². The molecular formula is C12H30O2S4. The average molecular weight is 335 g/mol. The van der Waals surface area contributed by atoms with Crippen LogP contribution in [0.3, 0.4) is 0 Å². The summed E-state index contributed by atoms with van der Waals surface area (Å²) in [4.78, 5) is 0. The lowest BCUT2D eigenvalue weighted by Crippen LogP contribution is -2.16. The number of thiol groups is 1. The first-order chi connectivity index (χ1) is 8.29. The molecule has 0 heterocycles. The first-order valence-electron chi connectivity index (χ1n) is 6.65. The molecule has 1 N–H and O–H groups in total. The third-order valence-corrected chi connectivity index (χ3v) is 7.28. The van der Waals surface area contributed by atoms with E-state index in [0.29, 0.717) is 0 Å². The van der Waals surface area contributed by atoms with E-state index in [1.54, 1.807) is 0 Å². The Bertz CT molecular complexity index is 244. The van der Waals surface area contributed by atoms with Gasteiger partial charge in [0.2, 0.25) is 0 Å². The third kappa shape index (κ3) is 17.1. The van der Waals surface area contributed by atoms with Crippen molar-refractivity contribution >= 4 is 41.0 Å². The van der Waals surface area contributed by atoms with Crippen LogP contribution in [0.2, 0.25) is 0 Å². The van der Waals surface area contributed by atoms with Crippen molar-refractivity contribution in [3.8, 4) is 0 Å². The largest absolute Gasteiger partial charge is 0.350 e. The second kappa shape index (κ2) is 13.1. The van der Waals surface area contributed by atoms with Crippen LogP contribution in [0.25, 0.3) is 0 Å². The molecule has 0 spiro atoms. The van der Waals surface area contributed by atoms with Gasteiger partial charge in [-0.1, -0.05) is 20.8 Å². The van der Waals surface area contributed by atoms with Gasteiger partial charge in [-0.25, -0.2) is 0 Å². The van der Waals surface area contributed by atoms with Gasteiger partial charge in [-0.2, -0.15) is 0 Å². The van der Waals surface area contributed by atoms with Gasteiger partial charge in [0.25, 0.3) is 0 Å². The third-order valence-electron chi connectivity index (χ3n) is 1.82. The van der Waals surface area contributed by atoms with E-state index in [1.807, 2.05) is 13.8 Å². The van der Waals surface area contributed by atoms with Gasteiger partial charge in [0.05, 0.1) is 6.10 Å². The van der Waals surface area contributed by atoms with Crippen molar-refractivity contribution in [3.63, 3.8) is 0 Å². The van der Waals surface area contributed by atoms with Crippen LogP contribution in [-0.2, 0) is 45.2 Å². The molecule has 0 radical (unpaired) electrons. The molecule has 6 heteroatoms. The molecule has 0 fully saturated rings. The highest BCUT2D eigenvalue weighted by atomic mass is 32.9. The Hall–Kier alpha value is 1.06. The van der Waals surface area contributed by atoms with Gasteiger partial charge in [0.1, 0.15) is 0 Å². The topological polar surface area (TPSA) is 29.5 Å². The second-order valence-corrected chi connectivity index (χ2v) is 11.4. The number of hydrogen-bond donors (Lipinski definition) is 2. The van der Waals surface area contributed by atoms with Crippen LogP contribution < -0.4 is 0 Å². The highest BCUT2D eigenvalue weighted by Crippen LogP contribution is 2.03. The normalized spacial score (nSPS) is 13.9. The SMILES string of the molecule is CCCS(=S)OC(C)C.CCC[SH](O)(=S)CCC. The lowest BCUT2D eigenvalue weighted by Gasteiger charge is -2.17. The fraction of sp³-hybridized carbons (Fsp3) is 1.00. The summed E-state index contributed by atoms with van der Waals surface area (Å²) in [7, 11) is -2.08. The van der Waals surface area contributed by atoms with Gasteiger partial charge in [-0.05, 0) is 67.0 Å². The Kier molecular flexibility index (Phi) is 15.5. The van der Waals surface area contributed by atoms with Gasteiger partial charge in [0, 0.05) is 15.5 Å². The van der Waals surface area contributed by atoms with Crippen LogP contribution in [0.4, 0.5) is 0 Å². The highest BCUT2D eigenvalue weighted by Gasteiger charge is 2.01. The summed E-state index contributed by atoms with van der Waals surface area (Å²) in [6, 6.07) is 0. The van der Waals surface area contributed by atoms with E-state index in [0.717, 1.165) is 36.5 Å². The monoisotopic (exact) mass is 334 g/mol. The Morgan fingerprint density at radius 1 is 1.11 bits per heavy atom. The molecule has 1 atom stereocenters. The predicted molar refractivity (Wildman–Crippen MR) is 95.2 cm³/mol. The summed E-state index contributed by atoms with van der Waals surface area (Å²) >= 11 is 10.0. The molecule has 0 bridgehead atoms. The van der Waals surface area contributed by atoms with E-state index in [-0.39, 0.29) is 15.8 Å². The fourth-order valence-electron chi connectivity index (χ4n) is 1.24. The van der Waals surface area contributed by atoms with Crippen LogP contribution in [0.1, 0.15) is 53.9 Å². The smallest absolute Gasteiger partial charge is 0.0669 e. The van der Waals surface area contributed by atoms with Crippen LogP contribution in [0.5, 0.6) is 0 Å². The van der Waals surface area contributed by atoms with Gasteiger partial charge < -0.3 is 8.74 Å². The maximum absolute atomic E-state index is 9.44. The van der Waals surface area contributed by atoms with Crippen molar-refractivity contribution in [1.29, 1.82) is 0 Å². The van der Waals surface area contributed by atoms with E-state index >= 15 is 0 Å². The first-order valence-corrected chi connectivity index (χ1v) is 12.0. The molecule has 0 amide bonds. The minimum Gasteiger partial charge on any atom is -0.350 e. The minimum atomic E-state index is -1.86. The molecule has 0 rings (SSSR count). The molecule has 0 aliphatic heterocycles. The summed E-state index contributed by atoms with van der Waals surface area (Å²) in [5.74, 6) is 2.74. The molecule has 0 aromatic carbocycles. The predicted octanol–water partition coefficient (Wildman–Crippen LogP) is 3.44. The van der Waals surface area contributed by atoms with Crippen molar-refractivity contribution in [3.05, 3.63) is 0 Å². The first kappa shape index (κ1) is 21.4. The maximum atomic E-state index is 9.44. The van der Waals surface area contributed by atoms with Gasteiger partial charge in [0.15, 0.2) is 0 Å². The fourth-order valence-corrected chi connectivity index (χ4v) is 5.79. The van der Waals surface area contributed by atoms with Gasteiger partial charge in [-0.15, -0.1) is 8.87 Å². The second-order valence-electron chi connectivity index (χ2n) is 4.45. The summed E-state index contributed by atoms with van der Waals surface area (Å²) < 4.78 is 14.8. The lowest BCUT2D eigenvalue weighted by atomic mass is 10.5. The number of hydrogen-bond acceptors (Lipinski definition) is 3. The van der Waals surface area contributed by atoms with E-state index in [9.17, 15) is 4.55 Å². The molecule has 0 saturated carbocycles. The molecule has 2 nitrogen and oxygen atoms in total. The molecule has 0 aromatic heterocycles. The van der Waals surface area contributed by atoms with Crippen molar-refractivity contribution in [2.45, 2.75) is 60.0 Å². The summed E-state index contributed by atoms with van der Waals surface area (Å²) in [6.45, 7) is 10.3. The van der Waals surface area contributed by atoms with E-state index < -0.39 is 8.87 Å². The molecule has 0 aromatic rings. The summed E-state index contributed by atoms with van der Waals surface area (Å²) in [5.41, 5.74) is 0. The molecule has 0 aliphatic rings. The molecule has 0 saturated heterocycles. The van der Waals surface area contributed by atoms with E-state index in [2.05, 4.69) is 20.8 Å². The summed E-state index contributed by atoms with van der Waals surface area (Å²) in [5, 5.41) is 0. The number of rotatable bonds is 8. The van der Waals surface area contributed by atoms with Gasteiger partial charge in [-0.3, -0.25) is 0 Å². The molecule has 1 unspecified atom stereocenters. The van der Waals surface area contributed by atoms with Crippen molar-refractivity contribution in [1.82, 2.24) is 0 Å².